The first-order chi connectivity index (χ1) is 10.0. The molecule has 0 atom stereocenters. The highest BCUT2D eigenvalue weighted by Crippen LogP contribution is 2.25. The lowest BCUT2D eigenvalue weighted by Gasteiger charge is -2.17. The molecular weight excluding hydrogens is 286 g/mol. The molecule has 0 radical (unpaired) electrons. The fourth-order valence-corrected chi connectivity index (χ4v) is 2.79. The summed E-state index contributed by atoms with van der Waals surface area (Å²) in [5.74, 6) is -0.000936. The zero-order valence-electron chi connectivity index (χ0n) is 11.6. The maximum atomic E-state index is 12.6. The number of halogens is 1. The number of aryl methyl sites for hydroxylation is 2. The van der Waals surface area contributed by atoms with Gasteiger partial charge >= 0.3 is 0 Å². The van der Waals surface area contributed by atoms with Gasteiger partial charge < -0.3 is 5.32 Å². The molecule has 2 aromatic rings. The van der Waals surface area contributed by atoms with E-state index in [1.165, 1.54) is 0 Å². The largest absolute Gasteiger partial charge is 0.326 e. The number of rotatable bonds is 2. The monoisotopic (exact) mass is 299 g/mol. The van der Waals surface area contributed by atoms with Gasteiger partial charge in [0.15, 0.2) is 5.78 Å². The standard InChI is InChI=1S/C17H14ClNO2/c1-10-8-13(18)4-5-14(10)17(21)12-2-6-15-11(9-12)3-7-16(20)19-15/h2,4-6,8-9H,3,7H2,1H3,(H,19,20). The number of carbonyl (C=O) groups is 2. The van der Waals surface area contributed by atoms with Crippen molar-refractivity contribution in [3.8, 4) is 0 Å². The summed E-state index contributed by atoms with van der Waals surface area (Å²) in [5.41, 5.74) is 3.95. The molecule has 0 spiro atoms. The van der Waals surface area contributed by atoms with Gasteiger partial charge in [0.1, 0.15) is 0 Å². The molecule has 0 aliphatic carbocycles. The Morgan fingerprint density at radius 3 is 2.71 bits per heavy atom. The lowest BCUT2D eigenvalue weighted by molar-refractivity contribution is -0.116. The third-order valence-electron chi connectivity index (χ3n) is 3.70. The molecule has 3 rings (SSSR count). The molecule has 1 N–H and O–H groups in total. The highest BCUT2D eigenvalue weighted by atomic mass is 35.5. The Labute approximate surface area is 127 Å². The normalized spacial score (nSPS) is 13.5. The fraction of sp³-hybridized carbons (Fsp3) is 0.176. The van der Waals surface area contributed by atoms with Crippen molar-refractivity contribution in [1.29, 1.82) is 0 Å². The number of nitrogens with one attached hydrogen (secondary N) is 1. The van der Waals surface area contributed by atoms with Crippen LogP contribution in [0.5, 0.6) is 0 Å². The van der Waals surface area contributed by atoms with E-state index in [0.717, 1.165) is 16.8 Å². The molecule has 0 fully saturated rings. The number of fused-ring (bicyclic) bond motifs is 1. The molecule has 21 heavy (non-hydrogen) atoms. The van der Waals surface area contributed by atoms with Crippen molar-refractivity contribution in [3.63, 3.8) is 0 Å². The van der Waals surface area contributed by atoms with Crippen LogP contribution >= 0.6 is 11.6 Å². The number of carbonyl (C=O) groups excluding carboxylic acids is 2. The van der Waals surface area contributed by atoms with E-state index in [9.17, 15) is 9.59 Å². The smallest absolute Gasteiger partial charge is 0.224 e. The molecule has 0 bridgehead atoms. The van der Waals surface area contributed by atoms with Gasteiger partial charge in [-0.1, -0.05) is 11.6 Å². The highest BCUT2D eigenvalue weighted by molar-refractivity contribution is 6.30. The molecule has 3 nitrogen and oxygen atoms in total. The van der Waals surface area contributed by atoms with Gasteiger partial charge in [-0.25, -0.2) is 0 Å². The molecule has 1 heterocycles. The van der Waals surface area contributed by atoms with E-state index < -0.39 is 0 Å². The fourth-order valence-electron chi connectivity index (χ4n) is 2.56. The van der Waals surface area contributed by atoms with E-state index in [2.05, 4.69) is 5.32 Å². The average Bonchev–Trinajstić information content (AvgIpc) is 2.46. The van der Waals surface area contributed by atoms with Crippen molar-refractivity contribution in [2.45, 2.75) is 19.8 Å². The summed E-state index contributed by atoms with van der Waals surface area (Å²) in [6.45, 7) is 1.87. The molecule has 0 aromatic heterocycles. The summed E-state index contributed by atoms with van der Waals surface area (Å²) in [6.07, 6.45) is 1.13. The average molecular weight is 300 g/mol. The van der Waals surface area contributed by atoms with Crippen LogP contribution in [0.25, 0.3) is 0 Å². The first-order valence-electron chi connectivity index (χ1n) is 6.78. The van der Waals surface area contributed by atoms with Crippen LogP contribution in [0.1, 0.15) is 33.5 Å². The number of ketones is 1. The molecule has 1 amide bonds. The minimum Gasteiger partial charge on any atom is -0.326 e. The Morgan fingerprint density at radius 1 is 1.14 bits per heavy atom. The number of hydrogen-bond acceptors (Lipinski definition) is 2. The summed E-state index contributed by atoms with van der Waals surface area (Å²) in [5, 5.41) is 3.44. The zero-order chi connectivity index (χ0) is 15.0. The molecule has 2 aromatic carbocycles. The van der Waals surface area contributed by atoms with Gasteiger partial charge in [-0.05, 0) is 60.9 Å². The van der Waals surface area contributed by atoms with Crippen LogP contribution in [0.3, 0.4) is 0 Å². The minimum atomic E-state index is -0.0242. The van der Waals surface area contributed by atoms with Crippen molar-refractivity contribution in [3.05, 3.63) is 63.7 Å². The summed E-state index contributed by atoms with van der Waals surface area (Å²) in [7, 11) is 0. The van der Waals surface area contributed by atoms with E-state index in [-0.39, 0.29) is 11.7 Å². The Kier molecular flexibility index (Phi) is 3.52. The number of anilines is 1. The van der Waals surface area contributed by atoms with Gasteiger partial charge in [-0.15, -0.1) is 0 Å². The molecule has 1 aliphatic rings. The van der Waals surface area contributed by atoms with Crippen LogP contribution in [0.4, 0.5) is 5.69 Å². The van der Waals surface area contributed by atoms with Gasteiger partial charge in [-0.2, -0.15) is 0 Å². The molecule has 0 unspecified atom stereocenters. The topological polar surface area (TPSA) is 46.2 Å². The van der Waals surface area contributed by atoms with Crippen LogP contribution in [-0.2, 0) is 11.2 Å². The van der Waals surface area contributed by atoms with Crippen molar-refractivity contribution in [1.82, 2.24) is 0 Å². The number of benzene rings is 2. The summed E-state index contributed by atoms with van der Waals surface area (Å²) in [6, 6.07) is 10.7. The van der Waals surface area contributed by atoms with Crippen LogP contribution < -0.4 is 5.32 Å². The summed E-state index contributed by atoms with van der Waals surface area (Å²) < 4.78 is 0. The maximum Gasteiger partial charge on any atom is 0.224 e. The molecule has 106 valence electrons. The second kappa shape index (κ2) is 5.34. The molecule has 4 heteroatoms. The van der Waals surface area contributed by atoms with Gasteiger partial charge in [0.25, 0.3) is 0 Å². The Hall–Kier alpha value is -2.13. The van der Waals surface area contributed by atoms with Crippen LogP contribution in [0.15, 0.2) is 36.4 Å². The predicted octanol–water partition coefficient (Wildman–Crippen LogP) is 3.76. The third kappa shape index (κ3) is 2.69. The van der Waals surface area contributed by atoms with Gasteiger partial charge in [0.2, 0.25) is 5.91 Å². The summed E-state index contributed by atoms with van der Waals surface area (Å²) in [4.78, 5) is 24.0. The van der Waals surface area contributed by atoms with E-state index in [1.54, 1.807) is 30.3 Å². The van der Waals surface area contributed by atoms with Gasteiger partial charge in [0, 0.05) is 28.3 Å². The second-order valence-electron chi connectivity index (χ2n) is 5.21. The van der Waals surface area contributed by atoms with Crippen molar-refractivity contribution < 1.29 is 9.59 Å². The minimum absolute atomic E-state index is 0.0233. The molecule has 0 saturated heterocycles. The molecule has 0 saturated carbocycles. The third-order valence-corrected chi connectivity index (χ3v) is 3.93. The van der Waals surface area contributed by atoms with Gasteiger partial charge in [-0.3, -0.25) is 9.59 Å². The lowest BCUT2D eigenvalue weighted by Crippen LogP contribution is -2.19. The van der Waals surface area contributed by atoms with Crippen molar-refractivity contribution in [2.75, 3.05) is 5.32 Å². The van der Waals surface area contributed by atoms with E-state index >= 15 is 0 Å². The Bertz CT molecular complexity index is 752. The van der Waals surface area contributed by atoms with Crippen LogP contribution in [0, 0.1) is 6.92 Å². The molecule has 1 aliphatic heterocycles. The predicted molar refractivity (Wildman–Crippen MR) is 83.0 cm³/mol. The van der Waals surface area contributed by atoms with Crippen molar-refractivity contribution >= 4 is 29.0 Å². The van der Waals surface area contributed by atoms with Crippen LogP contribution in [0.2, 0.25) is 5.02 Å². The summed E-state index contributed by atoms with van der Waals surface area (Å²) >= 11 is 5.92. The second-order valence-corrected chi connectivity index (χ2v) is 5.64. The van der Waals surface area contributed by atoms with Crippen molar-refractivity contribution in [2.24, 2.45) is 0 Å². The maximum absolute atomic E-state index is 12.6. The lowest BCUT2D eigenvalue weighted by atomic mass is 9.95. The molecular formula is C17H14ClNO2. The van der Waals surface area contributed by atoms with Gasteiger partial charge in [0.05, 0.1) is 0 Å². The van der Waals surface area contributed by atoms with Crippen LogP contribution in [-0.4, -0.2) is 11.7 Å². The number of hydrogen-bond donors (Lipinski definition) is 1. The number of amides is 1. The van der Waals surface area contributed by atoms with E-state index in [4.69, 9.17) is 11.6 Å². The Morgan fingerprint density at radius 2 is 1.95 bits per heavy atom. The quantitative estimate of drug-likeness (QED) is 0.858. The highest BCUT2D eigenvalue weighted by Gasteiger charge is 2.18. The first-order valence-corrected chi connectivity index (χ1v) is 7.16. The first kappa shape index (κ1) is 13.8. The van der Waals surface area contributed by atoms with E-state index in [0.29, 0.717) is 29.0 Å². The van der Waals surface area contributed by atoms with E-state index in [1.807, 2.05) is 13.0 Å². The SMILES string of the molecule is Cc1cc(Cl)ccc1C(=O)c1ccc2c(c1)CCC(=O)N2. The Balaban J connectivity index is 1.97. The zero-order valence-corrected chi connectivity index (χ0v) is 12.3.